The monoisotopic (exact) mass is 538 g/mol. The van der Waals surface area contributed by atoms with E-state index in [4.69, 9.17) is 14.2 Å². The van der Waals surface area contributed by atoms with Crippen molar-refractivity contribution in [3.8, 4) is 0 Å². The normalized spacial score (nSPS) is 36.4. The molecule has 0 heterocycles. The van der Waals surface area contributed by atoms with Crippen LogP contribution in [0, 0.1) is 46.3 Å². The molecule has 6 heteroatoms. The zero-order valence-electron chi connectivity index (χ0n) is 26.0. The third-order valence-electron chi connectivity index (χ3n) is 11.4. The van der Waals surface area contributed by atoms with Crippen LogP contribution in [0.4, 0.5) is 0 Å². The van der Waals surface area contributed by atoms with E-state index in [1.54, 1.807) is 5.57 Å². The molecule has 0 aliphatic heterocycles. The number of carbonyl (C=O) groups excluding carboxylic acids is 1. The van der Waals surface area contributed by atoms with Crippen molar-refractivity contribution in [2.24, 2.45) is 46.3 Å². The Morgan fingerprint density at radius 3 is 2.46 bits per heavy atom. The molecule has 0 aromatic rings. The first-order valence-corrected chi connectivity index (χ1v) is 15.8. The van der Waals surface area contributed by atoms with E-state index < -0.39 is 5.97 Å². The largest absolute Gasteiger partial charge is 1.00 e. The third kappa shape index (κ3) is 7.75. The van der Waals surface area contributed by atoms with Crippen molar-refractivity contribution in [2.75, 3.05) is 33.0 Å². The summed E-state index contributed by atoms with van der Waals surface area (Å²) in [6.45, 7) is 13.9. The molecule has 0 radical (unpaired) electrons. The molecule has 3 saturated carbocycles. The van der Waals surface area contributed by atoms with Gasteiger partial charge in [-0.05, 0) is 97.7 Å². The Hall–Kier alpha value is -0.313. The van der Waals surface area contributed by atoms with E-state index in [1.807, 2.05) is 0 Å². The molecule has 39 heavy (non-hydrogen) atoms. The summed E-state index contributed by atoms with van der Waals surface area (Å²) in [6.07, 6.45) is 17.7. The van der Waals surface area contributed by atoms with Gasteiger partial charge in [0.15, 0.2) is 0 Å². The molecule has 0 unspecified atom stereocenters. The molecule has 0 aromatic heterocycles. The molecule has 4 rings (SSSR count). The first-order chi connectivity index (χ1) is 18.1. The van der Waals surface area contributed by atoms with Crippen LogP contribution in [-0.2, 0) is 19.0 Å². The van der Waals surface area contributed by atoms with Gasteiger partial charge in [-0.3, -0.25) is 0 Å². The van der Waals surface area contributed by atoms with Crippen LogP contribution in [0.15, 0.2) is 11.6 Å². The van der Waals surface area contributed by atoms with Crippen molar-refractivity contribution in [3.63, 3.8) is 0 Å². The standard InChI is InChI=1S/C33H56O5.Li/c1-23(2)7-6-8-24(3)28-11-12-29-27-10-9-25-21-26(38-20-19-36-17-18-37-22-31(34)35)13-15-32(25,4)30(27)14-16-33(28,29)5;/h9,23-24,26-30H,6-8,10-22H2,1-5H3,(H,34,35);/q;+1/p-1/t24-,26+,27+,28-,29+,30+,32+,33-;/m1./s1. The first kappa shape index (κ1) is 33.2. The molecule has 0 saturated heterocycles. The van der Waals surface area contributed by atoms with Crippen LogP contribution in [0.2, 0.25) is 0 Å². The van der Waals surface area contributed by atoms with Gasteiger partial charge < -0.3 is 24.1 Å². The number of hydrogen-bond donors (Lipinski definition) is 0. The maximum absolute atomic E-state index is 10.4. The van der Waals surface area contributed by atoms with Crippen LogP contribution in [0.5, 0.6) is 0 Å². The van der Waals surface area contributed by atoms with Crippen molar-refractivity contribution in [2.45, 2.75) is 111 Å². The second kappa shape index (κ2) is 14.7. The van der Waals surface area contributed by atoms with Crippen molar-refractivity contribution < 1.29 is 43.0 Å². The minimum absolute atomic E-state index is 0. The third-order valence-corrected chi connectivity index (χ3v) is 11.4. The van der Waals surface area contributed by atoms with E-state index in [2.05, 4.69) is 40.7 Å². The average molecular weight is 539 g/mol. The Labute approximate surface area is 250 Å². The number of hydrogen-bond acceptors (Lipinski definition) is 5. The number of aliphatic carboxylic acids is 1. The molecule has 0 N–H and O–H groups in total. The summed E-state index contributed by atoms with van der Waals surface area (Å²) in [7, 11) is 0. The minimum atomic E-state index is -1.20. The molecule has 3 fully saturated rings. The fraction of sp³-hybridized carbons (Fsp3) is 0.909. The molecular weight excluding hydrogens is 483 g/mol. The maximum atomic E-state index is 10.4. The second-order valence-electron chi connectivity index (χ2n) is 14.1. The van der Waals surface area contributed by atoms with Crippen molar-refractivity contribution in [1.29, 1.82) is 0 Å². The summed E-state index contributed by atoms with van der Waals surface area (Å²) >= 11 is 0. The first-order valence-electron chi connectivity index (χ1n) is 15.8. The molecular formula is C33H55LiO5. The predicted octanol–water partition coefficient (Wildman–Crippen LogP) is 3.20. The maximum Gasteiger partial charge on any atom is 1.00 e. The average Bonchev–Trinajstić information content (AvgIpc) is 3.22. The van der Waals surface area contributed by atoms with E-state index in [9.17, 15) is 9.90 Å². The van der Waals surface area contributed by atoms with E-state index in [-0.39, 0.29) is 32.1 Å². The Bertz CT molecular complexity index is 814. The van der Waals surface area contributed by atoms with Gasteiger partial charge in [0.2, 0.25) is 0 Å². The summed E-state index contributed by atoms with van der Waals surface area (Å²) in [6, 6.07) is 0. The number of allylic oxidation sites excluding steroid dienone is 1. The number of carboxylic acids is 1. The fourth-order valence-corrected chi connectivity index (χ4v) is 9.44. The Morgan fingerprint density at radius 1 is 0.974 bits per heavy atom. The molecule has 0 spiro atoms. The van der Waals surface area contributed by atoms with Crippen molar-refractivity contribution in [3.05, 3.63) is 11.6 Å². The molecule has 0 aromatic carbocycles. The second-order valence-corrected chi connectivity index (χ2v) is 14.1. The van der Waals surface area contributed by atoms with E-state index >= 15 is 0 Å². The fourth-order valence-electron chi connectivity index (χ4n) is 9.44. The quantitative estimate of drug-likeness (QED) is 0.193. The van der Waals surface area contributed by atoms with Gasteiger partial charge in [0.1, 0.15) is 0 Å². The molecule has 8 atom stereocenters. The van der Waals surface area contributed by atoms with Gasteiger partial charge >= 0.3 is 18.9 Å². The van der Waals surface area contributed by atoms with Gasteiger partial charge in [0.05, 0.1) is 45.1 Å². The van der Waals surface area contributed by atoms with Gasteiger partial charge in [-0.1, -0.05) is 65.5 Å². The smallest absolute Gasteiger partial charge is 0.548 e. The van der Waals surface area contributed by atoms with Gasteiger partial charge in [0, 0.05) is 0 Å². The van der Waals surface area contributed by atoms with Crippen LogP contribution in [0.3, 0.4) is 0 Å². The Balaban J connectivity index is 0.00000420. The predicted molar refractivity (Wildman–Crippen MR) is 149 cm³/mol. The number of carbonyl (C=O) groups is 1. The van der Waals surface area contributed by atoms with Crippen molar-refractivity contribution in [1.82, 2.24) is 0 Å². The summed E-state index contributed by atoms with van der Waals surface area (Å²) in [4.78, 5) is 10.4. The summed E-state index contributed by atoms with van der Waals surface area (Å²) < 4.78 is 16.7. The molecule has 218 valence electrons. The Kier molecular flexibility index (Phi) is 12.5. The van der Waals surface area contributed by atoms with Crippen LogP contribution in [0.1, 0.15) is 105 Å². The molecule has 0 bridgehead atoms. The van der Waals surface area contributed by atoms with E-state index in [0.29, 0.717) is 36.8 Å². The summed E-state index contributed by atoms with van der Waals surface area (Å²) in [5, 5.41) is 10.4. The zero-order chi connectivity index (χ0) is 27.3. The van der Waals surface area contributed by atoms with Gasteiger partial charge in [-0.15, -0.1) is 0 Å². The minimum Gasteiger partial charge on any atom is -0.548 e. The van der Waals surface area contributed by atoms with E-state index in [0.717, 1.165) is 48.3 Å². The molecule has 5 nitrogen and oxygen atoms in total. The number of rotatable bonds is 14. The SMILES string of the molecule is CC(C)CCC[C@@H](C)[C@H]1CC[C@H]2[C@@H]3CC=C4C[C@@H](OCCOCCOCC(=O)[O-])CC[C@]4(C)[C@H]3CC[C@]12C.[Li+]. The Morgan fingerprint density at radius 2 is 1.72 bits per heavy atom. The van der Waals surface area contributed by atoms with Crippen LogP contribution >= 0.6 is 0 Å². The zero-order valence-corrected chi connectivity index (χ0v) is 26.0. The molecule has 0 amide bonds. The van der Waals surface area contributed by atoms with Crippen LogP contribution < -0.4 is 24.0 Å². The topological polar surface area (TPSA) is 67.8 Å². The number of ether oxygens (including phenoxy) is 3. The number of carboxylic acid groups (broad SMARTS) is 1. The van der Waals surface area contributed by atoms with Crippen molar-refractivity contribution >= 4 is 5.97 Å². The van der Waals surface area contributed by atoms with Crippen LogP contribution in [-0.4, -0.2) is 45.1 Å². The summed E-state index contributed by atoms with van der Waals surface area (Å²) in [5.74, 6) is 4.06. The molecule has 4 aliphatic rings. The van der Waals surface area contributed by atoms with Gasteiger partial charge in [-0.25, -0.2) is 0 Å². The summed E-state index contributed by atoms with van der Waals surface area (Å²) in [5.41, 5.74) is 2.58. The van der Waals surface area contributed by atoms with Gasteiger partial charge in [-0.2, -0.15) is 0 Å². The van der Waals surface area contributed by atoms with Crippen LogP contribution in [0.25, 0.3) is 0 Å². The van der Waals surface area contributed by atoms with E-state index in [1.165, 1.54) is 57.8 Å². The molecule has 4 aliphatic carbocycles. The number of fused-ring (bicyclic) bond motifs is 5. The van der Waals surface area contributed by atoms with Gasteiger partial charge in [0.25, 0.3) is 0 Å².